The topological polar surface area (TPSA) is 46.5 Å². The summed E-state index contributed by atoms with van der Waals surface area (Å²) in [4.78, 5) is 10.8. The van der Waals surface area contributed by atoms with Gasteiger partial charge in [-0.05, 0) is 13.8 Å². The van der Waals surface area contributed by atoms with Gasteiger partial charge in [-0.3, -0.25) is 0 Å². The van der Waals surface area contributed by atoms with E-state index in [1.165, 1.54) is 6.08 Å². The Bertz CT molecular complexity index is 161. The van der Waals surface area contributed by atoms with Gasteiger partial charge in [0.05, 0.1) is 12.7 Å². The van der Waals surface area contributed by atoms with E-state index in [4.69, 9.17) is 5.11 Å². The summed E-state index contributed by atoms with van der Waals surface area (Å²) in [6.45, 7) is 5.65. The summed E-state index contributed by atoms with van der Waals surface area (Å²) in [5.74, 6) is -0.376. The van der Waals surface area contributed by atoms with E-state index in [9.17, 15) is 4.79 Å². The molecule has 0 radical (unpaired) electrons. The zero-order chi connectivity index (χ0) is 9.56. The van der Waals surface area contributed by atoms with Crippen molar-refractivity contribution in [3.05, 3.63) is 12.2 Å². The highest BCUT2D eigenvalue weighted by molar-refractivity contribution is 5.81. The van der Waals surface area contributed by atoms with E-state index in [1.807, 2.05) is 6.92 Å². The molecule has 0 rings (SSSR count). The maximum atomic E-state index is 10.8. The quantitative estimate of drug-likeness (QED) is 0.510. The second-order valence-electron chi connectivity index (χ2n) is 2.71. The molecule has 0 aromatic carbocycles. The van der Waals surface area contributed by atoms with Crippen LogP contribution in [0.1, 0.15) is 20.8 Å². The molecule has 0 saturated heterocycles. The molecule has 0 unspecified atom stereocenters. The fourth-order valence-corrected chi connectivity index (χ4v) is 0.582. The van der Waals surface area contributed by atoms with Crippen molar-refractivity contribution >= 4 is 5.97 Å². The zero-order valence-corrected chi connectivity index (χ0v) is 7.78. The molecule has 0 aliphatic heterocycles. The van der Waals surface area contributed by atoms with Gasteiger partial charge in [-0.15, -0.1) is 0 Å². The second kappa shape index (κ2) is 5.77. The van der Waals surface area contributed by atoms with Crippen molar-refractivity contribution in [2.75, 3.05) is 6.61 Å². The lowest BCUT2D eigenvalue weighted by Gasteiger charge is -2.07. The minimum Gasteiger partial charge on any atom is -0.463 e. The molecular weight excluding hydrogens is 156 g/mol. The van der Waals surface area contributed by atoms with Crippen LogP contribution in [0.4, 0.5) is 0 Å². The van der Waals surface area contributed by atoms with Crippen LogP contribution in [0, 0.1) is 5.92 Å². The zero-order valence-electron chi connectivity index (χ0n) is 7.78. The Morgan fingerprint density at radius 2 is 2.17 bits per heavy atom. The lowest BCUT2D eigenvalue weighted by atomic mass is 10.1. The van der Waals surface area contributed by atoms with Crippen molar-refractivity contribution in [1.29, 1.82) is 0 Å². The van der Waals surface area contributed by atoms with Crippen LogP contribution in [-0.2, 0) is 9.53 Å². The standard InChI is InChI=1S/C9H16O3/c1-4-12-9(11)6-5-7(2)8(3)10/h5-8,10H,4H2,1-3H3/b6-5+/t7-,8+/m1/s1. The summed E-state index contributed by atoms with van der Waals surface area (Å²) in [6.07, 6.45) is 2.56. The van der Waals surface area contributed by atoms with Crippen LogP contribution in [0.5, 0.6) is 0 Å². The molecular formula is C9H16O3. The van der Waals surface area contributed by atoms with Crippen LogP contribution in [-0.4, -0.2) is 23.8 Å². The number of ether oxygens (including phenoxy) is 1. The SMILES string of the molecule is CCOC(=O)/C=C/[C@@H](C)[C@H](C)O. The number of esters is 1. The molecule has 3 nitrogen and oxygen atoms in total. The van der Waals surface area contributed by atoms with Crippen LogP contribution < -0.4 is 0 Å². The number of aliphatic hydroxyl groups excluding tert-OH is 1. The van der Waals surface area contributed by atoms with Crippen LogP contribution in [0.25, 0.3) is 0 Å². The molecule has 0 spiro atoms. The largest absolute Gasteiger partial charge is 0.463 e. The Kier molecular flexibility index (Phi) is 5.37. The van der Waals surface area contributed by atoms with Crippen molar-refractivity contribution < 1.29 is 14.6 Å². The molecule has 0 heterocycles. The van der Waals surface area contributed by atoms with Gasteiger partial charge in [0.15, 0.2) is 0 Å². The fraction of sp³-hybridized carbons (Fsp3) is 0.667. The van der Waals surface area contributed by atoms with Crippen molar-refractivity contribution in [3.8, 4) is 0 Å². The van der Waals surface area contributed by atoms with Gasteiger partial charge in [-0.2, -0.15) is 0 Å². The second-order valence-corrected chi connectivity index (χ2v) is 2.71. The molecule has 0 amide bonds. The summed E-state index contributed by atoms with van der Waals surface area (Å²) < 4.78 is 4.66. The molecule has 0 aromatic heterocycles. The maximum Gasteiger partial charge on any atom is 0.330 e. The molecule has 0 aromatic rings. The van der Waals surface area contributed by atoms with Crippen LogP contribution in [0.3, 0.4) is 0 Å². The van der Waals surface area contributed by atoms with E-state index in [0.29, 0.717) is 6.61 Å². The van der Waals surface area contributed by atoms with Gasteiger partial charge in [-0.1, -0.05) is 13.0 Å². The van der Waals surface area contributed by atoms with Gasteiger partial charge < -0.3 is 9.84 Å². The van der Waals surface area contributed by atoms with Gasteiger partial charge >= 0.3 is 5.97 Å². The smallest absolute Gasteiger partial charge is 0.330 e. The van der Waals surface area contributed by atoms with E-state index in [0.717, 1.165) is 0 Å². The molecule has 1 N–H and O–H groups in total. The number of carbonyl (C=O) groups excluding carboxylic acids is 1. The van der Waals surface area contributed by atoms with Crippen molar-refractivity contribution in [2.45, 2.75) is 26.9 Å². The van der Waals surface area contributed by atoms with Crippen molar-refractivity contribution in [1.82, 2.24) is 0 Å². The van der Waals surface area contributed by atoms with E-state index in [2.05, 4.69) is 4.74 Å². The van der Waals surface area contributed by atoms with E-state index < -0.39 is 6.10 Å². The summed E-state index contributed by atoms with van der Waals surface area (Å²) in [7, 11) is 0. The third-order valence-corrected chi connectivity index (χ3v) is 1.58. The number of hydrogen-bond donors (Lipinski definition) is 1. The first-order valence-electron chi connectivity index (χ1n) is 4.11. The fourth-order valence-electron chi connectivity index (χ4n) is 0.582. The maximum absolute atomic E-state index is 10.8. The van der Waals surface area contributed by atoms with Crippen LogP contribution in [0.15, 0.2) is 12.2 Å². The lowest BCUT2D eigenvalue weighted by molar-refractivity contribution is -0.137. The van der Waals surface area contributed by atoms with E-state index in [1.54, 1.807) is 19.9 Å². The van der Waals surface area contributed by atoms with Crippen LogP contribution >= 0.6 is 0 Å². The van der Waals surface area contributed by atoms with Crippen molar-refractivity contribution in [3.63, 3.8) is 0 Å². The molecule has 2 atom stereocenters. The molecule has 0 aliphatic carbocycles. The average molecular weight is 172 g/mol. The Balaban J connectivity index is 3.81. The third-order valence-electron chi connectivity index (χ3n) is 1.58. The van der Waals surface area contributed by atoms with Gasteiger partial charge in [0.2, 0.25) is 0 Å². The van der Waals surface area contributed by atoms with Gasteiger partial charge in [-0.25, -0.2) is 4.79 Å². The van der Waals surface area contributed by atoms with E-state index >= 15 is 0 Å². The molecule has 0 aliphatic rings. The third kappa shape index (κ3) is 4.91. The predicted octanol–water partition coefficient (Wildman–Crippen LogP) is 1.12. The molecule has 0 saturated carbocycles. The normalized spacial score (nSPS) is 16.0. The average Bonchev–Trinajstić information content (AvgIpc) is 2.00. The number of carbonyl (C=O) groups is 1. The van der Waals surface area contributed by atoms with Crippen molar-refractivity contribution in [2.24, 2.45) is 5.92 Å². The number of hydrogen-bond acceptors (Lipinski definition) is 3. The summed E-state index contributed by atoms with van der Waals surface area (Å²) in [5, 5.41) is 9.06. The minimum absolute atomic E-state index is 0.0191. The number of rotatable bonds is 4. The molecule has 3 heteroatoms. The molecule has 12 heavy (non-hydrogen) atoms. The first kappa shape index (κ1) is 11.2. The lowest BCUT2D eigenvalue weighted by Crippen LogP contribution is -2.11. The van der Waals surface area contributed by atoms with Gasteiger partial charge in [0, 0.05) is 12.0 Å². The predicted molar refractivity (Wildman–Crippen MR) is 46.6 cm³/mol. The monoisotopic (exact) mass is 172 g/mol. The Morgan fingerprint density at radius 1 is 1.58 bits per heavy atom. The highest BCUT2D eigenvalue weighted by Gasteiger charge is 2.04. The molecule has 0 fully saturated rings. The highest BCUT2D eigenvalue weighted by atomic mass is 16.5. The Labute approximate surface area is 73.0 Å². The minimum atomic E-state index is -0.435. The Morgan fingerprint density at radius 3 is 2.58 bits per heavy atom. The summed E-state index contributed by atoms with van der Waals surface area (Å²) in [6, 6.07) is 0. The van der Waals surface area contributed by atoms with Gasteiger partial charge in [0.1, 0.15) is 0 Å². The Hall–Kier alpha value is -0.830. The van der Waals surface area contributed by atoms with Crippen LogP contribution in [0.2, 0.25) is 0 Å². The van der Waals surface area contributed by atoms with Gasteiger partial charge in [0.25, 0.3) is 0 Å². The molecule has 70 valence electrons. The summed E-state index contributed by atoms with van der Waals surface area (Å²) in [5.41, 5.74) is 0. The first-order valence-corrected chi connectivity index (χ1v) is 4.11. The summed E-state index contributed by atoms with van der Waals surface area (Å²) >= 11 is 0. The number of aliphatic hydroxyl groups is 1. The molecule has 0 bridgehead atoms. The highest BCUT2D eigenvalue weighted by Crippen LogP contribution is 2.03. The first-order chi connectivity index (χ1) is 5.57. The van der Waals surface area contributed by atoms with E-state index in [-0.39, 0.29) is 11.9 Å².